The number of hydrogen-bond donors (Lipinski definition) is 0. The van der Waals surface area contributed by atoms with Gasteiger partial charge in [-0.1, -0.05) is 0 Å². The van der Waals surface area contributed by atoms with E-state index < -0.39 is 0 Å². The van der Waals surface area contributed by atoms with Gasteiger partial charge in [0.05, 0.1) is 0 Å². The summed E-state index contributed by atoms with van der Waals surface area (Å²) in [5.74, 6) is 0. The van der Waals surface area contributed by atoms with E-state index in [4.69, 9.17) is 0 Å². The average Bonchev–Trinajstić information content (AvgIpc) is 2.23. The minimum atomic E-state index is 0. The number of hydrogen-bond acceptors (Lipinski definition) is 0. The maximum atomic E-state index is 3.25. The SMILES string of the molecule is [C-]1=CC=CC1.[CH2-]C.[H-].[H-].[Zr+4]. The normalized spacial score (nSPS) is 11.8. The third-order valence-electron chi connectivity index (χ3n) is 0.586. The average molecular weight is 187 g/mol. The van der Waals surface area contributed by atoms with Gasteiger partial charge in [-0.05, 0) is 0 Å². The molecule has 0 saturated heterocycles. The molecule has 0 aromatic rings. The van der Waals surface area contributed by atoms with Crippen LogP contribution in [0.4, 0.5) is 0 Å². The van der Waals surface area contributed by atoms with Crippen molar-refractivity contribution in [2.24, 2.45) is 0 Å². The van der Waals surface area contributed by atoms with E-state index in [0.717, 1.165) is 6.42 Å². The zero-order valence-electron chi connectivity index (χ0n) is 7.15. The van der Waals surface area contributed by atoms with Crippen LogP contribution in [0, 0.1) is 13.0 Å². The molecule has 0 aromatic heterocycles. The molecule has 0 fully saturated rings. The molecule has 0 saturated carbocycles. The van der Waals surface area contributed by atoms with E-state index in [1.807, 2.05) is 12.2 Å². The summed E-state index contributed by atoms with van der Waals surface area (Å²) in [6.07, 6.45) is 10.0. The molecule has 1 aliphatic rings. The van der Waals surface area contributed by atoms with Crippen LogP contribution < -0.4 is 0 Å². The summed E-state index contributed by atoms with van der Waals surface area (Å²) in [6.45, 7) is 5.00. The number of rotatable bonds is 0. The van der Waals surface area contributed by atoms with Gasteiger partial charge < -0.3 is 9.78 Å². The van der Waals surface area contributed by atoms with Gasteiger partial charge in [0.15, 0.2) is 0 Å². The van der Waals surface area contributed by atoms with Crippen molar-refractivity contribution in [3.8, 4) is 0 Å². The monoisotopic (exact) mass is 186 g/mol. The zero-order chi connectivity index (χ0) is 5.54. The Morgan fingerprint density at radius 2 is 2.25 bits per heavy atom. The fraction of sp³-hybridized carbons (Fsp3) is 0.286. The smallest absolute Gasteiger partial charge is 1.00 e. The summed E-state index contributed by atoms with van der Waals surface area (Å²) in [7, 11) is 0. The summed E-state index contributed by atoms with van der Waals surface area (Å²) in [5.41, 5.74) is 0. The van der Waals surface area contributed by atoms with Crippen LogP contribution in [0.15, 0.2) is 18.2 Å². The summed E-state index contributed by atoms with van der Waals surface area (Å²) in [6, 6.07) is 0. The first-order valence-corrected chi connectivity index (χ1v) is 2.42. The summed E-state index contributed by atoms with van der Waals surface area (Å²) in [4.78, 5) is 0. The minimum absolute atomic E-state index is 0. The standard InChI is InChI=1S/C5H5.C2H5.Zr.2H/c1-2-4-5-3-1;1-2;;;/h1-3H,4H2;1H2,2H3;;;/q2*-1;+4;2*-1. The van der Waals surface area contributed by atoms with Crippen molar-refractivity contribution >= 4 is 0 Å². The van der Waals surface area contributed by atoms with E-state index in [9.17, 15) is 0 Å². The fourth-order valence-corrected chi connectivity index (χ4v) is 0.340. The number of allylic oxidation sites excluding steroid dienone is 4. The quantitative estimate of drug-likeness (QED) is 0.511. The Hall–Kier alpha value is 0.363. The van der Waals surface area contributed by atoms with Crippen molar-refractivity contribution in [2.45, 2.75) is 13.3 Å². The van der Waals surface area contributed by atoms with Crippen LogP contribution in [0.2, 0.25) is 0 Å². The van der Waals surface area contributed by atoms with Crippen molar-refractivity contribution in [2.75, 3.05) is 0 Å². The molecule has 0 N–H and O–H groups in total. The predicted molar refractivity (Wildman–Crippen MR) is 34.8 cm³/mol. The molecule has 0 aromatic carbocycles. The first-order chi connectivity index (χ1) is 3.50. The molecule has 0 heterocycles. The molecule has 0 bridgehead atoms. The molecule has 0 atom stereocenters. The van der Waals surface area contributed by atoms with Crippen molar-refractivity contribution in [1.29, 1.82) is 0 Å². The first kappa shape index (κ1) is 11.2. The molecule has 1 aliphatic carbocycles. The maximum Gasteiger partial charge on any atom is 4.00 e. The van der Waals surface area contributed by atoms with E-state index >= 15 is 0 Å². The Morgan fingerprint density at radius 3 is 2.38 bits per heavy atom. The predicted octanol–water partition coefficient (Wildman–Crippen LogP) is 2.37. The molecule has 0 nitrogen and oxygen atoms in total. The van der Waals surface area contributed by atoms with Crippen molar-refractivity contribution in [3.63, 3.8) is 0 Å². The molecule has 1 rings (SSSR count). The van der Waals surface area contributed by atoms with E-state index in [-0.39, 0.29) is 29.1 Å². The van der Waals surface area contributed by atoms with Crippen molar-refractivity contribution in [1.82, 2.24) is 0 Å². The second kappa shape index (κ2) is 10.4. The van der Waals surface area contributed by atoms with Gasteiger partial charge in [0.1, 0.15) is 0 Å². The fourth-order valence-electron chi connectivity index (χ4n) is 0.340. The van der Waals surface area contributed by atoms with E-state index in [0.29, 0.717) is 0 Å². The van der Waals surface area contributed by atoms with E-state index in [2.05, 4.69) is 19.1 Å². The summed E-state index contributed by atoms with van der Waals surface area (Å²) in [5, 5.41) is 0. The van der Waals surface area contributed by atoms with Gasteiger partial charge in [-0.2, -0.15) is 13.0 Å². The second-order valence-electron chi connectivity index (χ2n) is 1.00. The summed E-state index contributed by atoms with van der Waals surface area (Å²) < 4.78 is 0. The van der Waals surface area contributed by atoms with Gasteiger partial charge in [-0.15, -0.1) is 6.42 Å². The molecule has 0 unspecified atom stereocenters. The molecule has 44 valence electrons. The minimum Gasteiger partial charge on any atom is -1.00 e. The third-order valence-corrected chi connectivity index (χ3v) is 0.586. The van der Waals surface area contributed by atoms with Gasteiger partial charge >= 0.3 is 26.2 Å². The van der Waals surface area contributed by atoms with Crippen molar-refractivity contribution < 1.29 is 29.1 Å². The molecule has 0 amide bonds. The van der Waals surface area contributed by atoms with Gasteiger partial charge in [0, 0.05) is 0 Å². The van der Waals surface area contributed by atoms with Crippen LogP contribution in [-0.4, -0.2) is 0 Å². The van der Waals surface area contributed by atoms with Crippen LogP contribution in [0.3, 0.4) is 0 Å². The van der Waals surface area contributed by atoms with Gasteiger partial charge in [0.2, 0.25) is 0 Å². The van der Waals surface area contributed by atoms with E-state index in [1.165, 1.54) is 0 Å². The zero-order valence-corrected chi connectivity index (χ0v) is 7.60. The summed E-state index contributed by atoms with van der Waals surface area (Å²) >= 11 is 0. The maximum absolute atomic E-state index is 3.25. The Kier molecular flexibility index (Phi) is 14.5. The van der Waals surface area contributed by atoms with Gasteiger partial charge in [-0.3, -0.25) is 6.08 Å². The van der Waals surface area contributed by atoms with Gasteiger partial charge in [0.25, 0.3) is 0 Å². The first-order valence-electron chi connectivity index (χ1n) is 2.42. The molecule has 0 radical (unpaired) electrons. The van der Waals surface area contributed by atoms with E-state index in [1.54, 1.807) is 6.92 Å². The molecule has 0 aliphatic heterocycles. The Bertz CT molecular complexity index is 69.7. The van der Waals surface area contributed by atoms with Crippen LogP contribution in [0.1, 0.15) is 16.2 Å². The molecular formula is C7H12Zr. The van der Waals surface area contributed by atoms with Crippen LogP contribution in [0.25, 0.3) is 0 Å². The Labute approximate surface area is 73.8 Å². The molecule has 0 spiro atoms. The van der Waals surface area contributed by atoms with Gasteiger partial charge in [-0.25, -0.2) is 12.2 Å². The molecular weight excluding hydrogens is 175 g/mol. The van der Waals surface area contributed by atoms with Crippen molar-refractivity contribution in [3.05, 3.63) is 31.2 Å². The Balaban J connectivity index is -0.0000000337. The molecule has 8 heavy (non-hydrogen) atoms. The Morgan fingerprint density at radius 1 is 1.62 bits per heavy atom. The van der Waals surface area contributed by atoms with Crippen LogP contribution in [-0.2, 0) is 26.2 Å². The third kappa shape index (κ3) is 6.36. The van der Waals surface area contributed by atoms with Crippen LogP contribution in [0.5, 0.6) is 0 Å². The largest absolute Gasteiger partial charge is 4.00 e. The van der Waals surface area contributed by atoms with Crippen LogP contribution >= 0.6 is 0 Å². The topological polar surface area (TPSA) is 0 Å². The molecule has 1 heteroatoms. The second-order valence-corrected chi connectivity index (χ2v) is 1.00.